The molecule has 0 saturated carbocycles. The molecular formula is C11H9FINO2. The number of likely N-dealkylation sites (N-methyl/N-ethyl adjacent to an activating group) is 1. The number of imide groups is 1. The zero-order chi connectivity index (χ0) is 11.9. The van der Waals surface area contributed by atoms with E-state index in [0.29, 0.717) is 9.13 Å². The van der Waals surface area contributed by atoms with Crippen LogP contribution in [0.5, 0.6) is 0 Å². The van der Waals surface area contributed by atoms with E-state index in [1.807, 2.05) is 22.6 Å². The summed E-state index contributed by atoms with van der Waals surface area (Å²) in [5.41, 5.74) is 0.314. The summed E-state index contributed by atoms with van der Waals surface area (Å²) in [6.45, 7) is 0. The zero-order valence-corrected chi connectivity index (χ0v) is 10.7. The van der Waals surface area contributed by atoms with E-state index in [1.54, 1.807) is 18.2 Å². The van der Waals surface area contributed by atoms with Crippen molar-refractivity contribution in [1.29, 1.82) is 0 Å². The first-order valence-electron chi connectivity index (χ1n) is 4.76. The quantitative estimate of drug-likeness (QED) is 0.582. The topological polar surface area (TPSA) is 37.4 Å². The summed E-state index contributed by atoms with van der Waals surface area (Å²) in [4.78, 5) is 24.1. The lowest BCUT2D eigenvalue weighted by Gasteiger charge is -2.10. The Hall–Kier alpha value is -0.980. The van der Waals surface area contributed by atoms with Crippen molar-refractivity contribution in [2.24, 2.45) is 0 Å². The van der Waals surface area contributed by atoms with Crippen LogP contribution in [0.1, 0.15) is 17.9 Å². The molecule has 84 valence electrons. The van der Waals surface area contributed by atoms with Crippen molar-refractivity contribution in [2.75, 3.05) is 7.05 Å². The third-order valence-electron chi connectivity index (χ3n) is 2.74. The summed E-state index contributed by atoms with van der Waals surface area (Å²) in [7, 11) is 1.43. The molecule has 0 aliphatic carbocycles. The van der Waals surface area contributed by atoms with Crippen LogP contribution in [0.2, 0.25) is 0 Å². The Bertz CT molecular complexity index is 475. The Morgan fingerprint density at radius 1 is 1.44 bits per heavy atom. The van der Waals surface area contributed by atoms with Gasteiger partial charge in [0.1, 0.15) is 5.82 Å². The van der Waals surface area contributed by atoms with Gasteiger partial charge in [0.25, 0.3) is 0 Å². The lowest BCUT2D eigenvalue weighted by atomic mass is 9.97. The Morgan fingerprint density at radius 2 is 2.12 bits per heavy atom. The molecule has 2 amide bonds. The fourth-order valence-electron chi connectivity index (χ4n) is 1.79. The second-order valence-electron chi connectivity index (χ2n) is 3.69. The van der Waals surface area contributed by atoms with Crippen molar-refractivity contribution in [3.8, 4) is 0 Å². The molecule has 0 aromatic heterocycles. The van der Waals surface area contributed by atoms with E-state index in [2.05, 4.69) is 0 Å². The Labute approximate surface area is 106 Å². The maximum Gasteiger partial charge on any atom is 0.237 e. The van der Waals surface area contributed by atoms with Crippen LogP contribution in [0.4, 0.5) is 4.39 Å². The molecule has 1 unspecified atom stereocenters. The molecule has 0 radical (unpaired) electrons. The smallest absolute Gasteiger partial charge is 0.237 e. The summed E-state index contributed by atoms with van der Waals surface area (Å²) in [5.74, 6) is -1.64. The number of rotatable bonds is 1. The Balaban J connectivity index is 2.43. The molecule has 3 nitrogen and oxygen atoms in total. The third-order valence-corrected chi connectivity index (χ3v) is 3.57. The van der Waals surface area contributed by atoms with E-state index >= 15 is 0 Å². The van der Waals surface area contributed by atoms with Gasteiger partial charge >= 0.3 is 0 Å². The SMILES string of the molecule is CN1C(=O)CC(c2cccc(I)c2F)C1=O. The molecular weight excluding hydrogens is 324 g/mol. The summed E-state index contributed by atoms with van der Waals surface area (Å²) >= 11 is 1.87. The van der Waals surface area contributed by atoms with Gasteiger partial charge in [0, 0.05) is 22.6 Å². The van der Waals surface area contributed by atoms with Gasteiger partial charge in [0.05, 0.1) is 5.92 Å². The van der Waals surface area contributed by atoms with Gasteiger partial charge < -0.3 is 0 Å². The predicted molar refractivity (Wildman–Crippen MR) is 64.3 cm³/mol. The van der Waals surface area contributed by atoms with Crippen molar-refractivity contribution in [3.63, 3.8) is 0 Å². The first-order chi connectivity index (χ1) is 7.52. The molecule has 1 heterocycles. The van der Waals surface area contributed by atoms with Gasteiger partial charge in [0.15, 0.2) is 0 Å². The largest absolute Gasteiger partial charge is 0.285 e. The normalized spacial score (nSPS) is 20.7. The van der Waals surface area contributed by atoms with Crippen molar-refractivity contribution < 1.29 is 14.0 Å². The van der Waals surface area contributed by atoms with Gasteiger partial charge in [-0.3, -0.25) is 14.5 Å². The van der Waals surface area contributed by atoms with Crippen LogP contribution in [0, 0.1) is 9.39 Å². The lowest BCUT2D eigenvalue weighted by Crippen LogP contribution is -2.25. The minimum Gasteiger partial charge on any atom is -0.285 e. The first kappa shape index (κ1) is 11.5. The molecule has 1 atom stereocenters. The number of carbonyl (C=O) groups excluding carboxylic acids is 2. The van der Waals surface area contributed by atoms with Crippen molar-refractivity contribution in [1.82, 2.24) is 4.90 Å². The van der Waals surface area contributed by atoms with Crippen LogP contribution in [-0.2, 0) is 9.59 Å². The van der Waals surface area contributed by atoms with Crippen LogP contribution in [0.25, 0.3) is 0 Å². The summed E-state index contributed by atoms with van der Waals surface area (Å²) in [6, 6.07) is 4.88. The number of halogens is 2. The molecule has 1 aromatic carbocycles. The van der Waals surface area contributed by atoms with E-state index in [4.69, 9.17) is 0 Å². The minimum absolute atomic E-state index is 0.0619. The Kier molecular flexibility index (Phi) is 2.96. The predicted octanol–water partition coefficient (Wildman–Crippen LogP) is 1.90. The van der Waals surface area contributed by atoms with Gasteiger partial charge in [-0.2, -0.15) is 0 Å². The zero-order valence-electron chi connectivity index (χ0n) is 8.54. The van der Waals surface area contributed by atoms with Crippen LogP contribution < -0.4 is 0 Å². The van der Waals surface area contributed by atoms with Gasteiger partial charge in [-0.1, -0.05) is 12.1 Å². The second kappa shape index (κ2) is 4.12. The molecule has 1 aliphatic heterocycles. The van der Waals surface area contributed by atoms with Crippen molar-refractivity contribution in [3.05, 3.63) is 33.1 Å². The first-order valence-corrected chi connectivity index (χ1v) is 5.84. The van der Waals surface area contributed by atoms with Gasteiger partial charge in [-0.15, -0.1) is 0 Å². The van der Waals surface area contributed by atoms with Crippen molar-refractivity contribution in [2.45, 2.75) is 12.3 Å². The third kappa shape index (κ3) is 1.73. The summed E-state index contributed by atoms with van der Waals surface area (Å²) in [5, 5.41) is 0. The van der Waals surface area contributed by atoms with Gasteiger partial charge in [0.2, 0.25) is 11.8 Å². The highest BCUT2D eigenvalue weighted by molar-refractivity contribution is 14.1. The number of hydrogen-bond donors (Lipinski definition) is 0. The number of nitrogens with zero attached hydrogens (tertiary/aromatic N) is 1. The molecule has 16 heavy (non-hydrogen) atoms. The fourth-order valence-corrected chi connectivity index (χ4v) is 2.31. The molecule has 1 fully saturated rings. The summed E-state index contributed by atoms with van der Waals surface area (Å²) in [6.07, 6.45) is 0.0619. The van der Waals surface area contributed by atoms with Crippen molar-refractivity contribution >= 4 is 34.4 Å². The molecule has 1 aliphatic rings. The lowest BCUT2D eigenvalue weighted by molar-refractivity contribution is -0.137. The van der Waals surface area contributed by atoms with Crippen LogP contribution in [0.15, 0.2) is 18.2 Å². The monoisotopic (exact) mass is 333 g/mol. The van der Waals surface area contributed by atoms with Crippen LogP contribution in [-0.4, -0.2) is 23.8 Å². The van der Waals surface area contributed by atoms with Gasteiger partial charge in [-0.05, 0) is 28.7 Å². The highest BCUT2D eigenvalue weighted by atomic mass is 127. The molecule has 1 aromatic rings. The van der Waals surface area contributed by atoms with Crippen LogP contribution in [0.3, 0.4) is 0 Å². The highest BCUT2D eigenvalue weighted by Crippen LogP contribution is 2.31. The fraction of sp³-hybridized carbons (Fsp3) is 0.273. The number of hydrogen-bond acceptors (Lipinski definition) is 2. The minimum atomic E-state index is -0.660. The Morgan fingerprint density at radius 3 is 2.69 bits per heavy atom. The van der Waals surface area contributed by atoms with E-state index < -0.39 is 11.7 Å². The van der Waals surface area contributed by atoms with E-state index in [-0.39, 0.29) is 18.2 Å². The van der Waals surface area contributed by atoms with E-state index in [9.17, 15) is 14.0 Å². The average Bonchev–Trinajstić information content (AvgIpc) is 2.50. The maximum atomic E-state index is 13.8. The average molecular weight is 333 g/mol. The molecule has 0 bridgehead atoms. The standard InChI is InChI=1S/C11H9FINO2/c1-14-9(15)5-7(11(14)16)6-3-2-4-8(13)10(6)12/h2-4,7H,5H2,1H3. The molecule has 5 heteroatoms. The molecule has 0 N–H and O–H groups in total. The number of carbonyl (C=O) groups is 2. The summed E-state index contributed by atoms with van der Waals surface area (Å²) < 4.78 is 14.3. The van der Waals surface area contributed by atoms with E-state index in [0.717, 1.165) is 4.90 Å². The van der Waals surface area contributed by atoms with Crippen LogP contribution >= 0.6 is 22.6 Å². The molecule has 0 spiro atoms. The number of amides is 2. The molecule has 1 saturated heterocycles. The van der Waals surface area contributed by atoms with Gasteiger partial charge in [-0.25, -0.2) is 4.39 Å². The number of benzene rings is 1. The second-order valence-corrected chi connectivity index (χ2v) is 4.85. The number of likely N-dealkylation sites (tertiary alicyclic amines) is 1. The maximum absolute atomic E-state index is 13.8. The van der Waals surface area contributed by atoms with E-state index in [1.165, 1.54) is 7.05 Å². The highest BCUT2D eigenvalue weighted by Gasteiger charge is 2.38. The molecule has 2 rings (SSSR count).